The van der Waals surface area contributed by atoms with Crippen molar-refractivity contribution in [3.63, 3.8) is 0 Å². The van der Waals surface area contributed by atoms with Crippen molar-refractivity contribution >= 4 is 11.6 Å². The molecular formula is C21H22FN3O3. The third-order valence-electron chi connectivity index (χ3n) is 4.50. The number of nitrogens with one attached hydrogen (secondary N) is 1. The van der Waals surface area contributed by atoms with Crippen LogP contribution in [0.15, 0.2) is 42.5 Å². The van der Waals surface area contributed by atoms with Crippen molar-refractivity contribution in [1.29, 1.82) is 0 Å². The molecule has 1 N–H and O–H groups in total. The van der Waals surface area contributed by atoms with Crippen LogP contribution < -0.4 is 14.8 Å². The molecule has 28 heavy (non-hydrogen) atoms. The first-order valence-corrected chi connectivity index (χ1v) is 8.75. The van der Waals surface area contributed by atoms with Gasteiger partial charge in [-0.05, 0) is 43.7 Å². The van der Waals surface area contributed by atoms with Crippen LogP contribution in [-0.2, 0) is 6.54 Å². The average Bonchev–Trinajstić information content (AvgIpc) is 2.94. The smallest absolute Gasteiger partial charge is 0.263 e. The maximum atomic E-state index is 13.4. The minimum Gasteiger partial charge on any atom is -0.496 e. The van der Waals surface area contributed by atoms with Gasteiger partial charge in [0.25, 0.3) is 5.91 Å². The molecule has 146 valence electrons. The molecule has 0 aliphatic heterocycles. The molecule has 0 bridgehead atoms. The number of rotatable bonds is 6. The number of aryl methyl sites for hydroxylation is 1. The summed E-state index contributed by atoms with van der Waals surface area (Å²) in [5, 5.41) is 7.39. The summed E-state index contributed by atoms with van der Waals surface area (Å²) < 4.78 is 25.8. The topological polar surface area (TPSA) is 65.4 Å². The highest BCUT2D eigenvalue weighted by Crippen LogP contribution is 2.30. The summed E-state index contributed by atoms with van der Waals surface area (Å²) in [5.74, 6) is 0.181. The number of halogens is 1. The maximum Gasteiger partial charge on any atom is 0.263 e. The summed E-state index contributed by atoms with van der Waals surface area (Å²) in [7, 11) is 3.00. The van der Waals surface area contributed by atoms with Gasteiger partial charge in [0.05, 0.1) is 37.8 Å². The summed E-state index contributed by atoms with van der Waals surface area (Å²) in [5.41, 5.74) is 3.13. The number of carbonyl (C=O) groups is 1. The van der Waals surface area contributed by atoms with E-state index in [1.54, 1.807) is 28.9 Å². The molecule has 3 aromatic rings. The molecule has 0 unspecified atom stereocenters. The number of carbonyl (C=O) groups excluding carboxylic acids is 1. The highest BCUT2D eigenvalue weighted by Gasteiger charge is 2.21. The second kappa shape index (κ2) is 8.12. The molecule has 0 spiro atoms. The normalized spacial score (nSPS) is 10.6. The van der Waals surface area contributed by atoms with Crippen LogP contribution in [0.5, 0.6) is 11.5 Å². The molecule has 0 saturated carbocycles. The molecule has 0 atom stereocenters. The van der Waals surface area contributed by atoms with E-state index in [4.69, 9.17) is 9.47 Å². The SMILES string of the molecule is COc1cccc(OC)c1C(=O)Nc1c(C)nn(Cc2cccc(F)c2)c1C. The van der Waals surface area contributed by atoms with Gasteiger partial charge in [-0.1, -0.05) is 18.2 Å². The van der Waals surface area contributed by atoms with Crippen LogP contribution >= 0.6 is 0 Å². The third kappa shape index (κ3) is 3.83. The predicted molar refractivity (Wildman–Crippen MR) is 105 cm³/mol. The number of nitrogens with zero attached hydrogens (tertiary/aromatic N) is 2. The van der Waals surface area contributed by atoms with Crippen molar-refractivity contribution in [2.75, 3.05) is 19.5 Å². The Kier molecular flexibility index (Phi) is 5.63. The Bertz CT molecular complexity index is 992. The Hall–Kier alpha value is -3.35. The van der Waals surface area contributed by atoms with Gasteiger partial charge in [-0.3, -0.25) is 9.48 Å². The van der Waals surface area contributed by atoms with Crippen molar-refractivity contribution < 1.29 is 18.7 Å². The standard InChI is InChI=1S/C21H22FN3O3/c1-13-20(14(2)25(24-13)12-15-7-5-8-16(22)11-15)23-21(26)19-17(27-3)9-6-10-18(19)28-4/h5-11H,12H2,1-4H3,(H,23,26). The van der Waals surface area contributed by atoms with E-state index in [2.05, 4.69) is 10.4 Å². The number of ether oxygens (including phenoxy) is 2. The average molecular weight is 383 g/mol. The Morgan fingerprint density at radius 2 is 1.75 bits per heavy atom. The number of hydrogen-bond donors (Lipinski definition) is 1. The lowest BCUT2D eigenvalue weighted by molar-refractivity contribution is 0.102. The molecule has 0 aliphatic rings. The van der Waals surface area contributed by atoms with Crippen LogP contribution in [0.3, 0.4) is 0 Å². The molecule has 0 fully saturated rings. The van der Waals surface area contributed by atoms with Crippen molar-refractivity contribution in [3.8, 4) is 11.5 Å². The second-order valence-corrected chi connectivity index (χ2v) is 6.33. The Labute approximate surface area is 162 Å². The molecule has 7 heteroatoms. The largest absolute Gasteiger partial charge is 0.496 e. The number of hydrogen-bond acceptors (Lipinski definition) is 4. The molecule has 2 aromatic carbocycles. The molecule has 0 aliphatic carbocycles. The predicted octanol–water partition coefficient (Wildman–Crippen LogP) is 3.96. The maximum absolute atomic E-state index is 13.4. The number of aromatic nitrogens is 2. The van der Waals surface area contributed by atoms with Gasteiger partial charge >= 0.3 is 0 Å². The van der Waals surface area contributed by atoms with Crippen molar-refractivity contribution in [2.24, 2.45) is 0 Å². The lowest BCUT2D eigenvalue weighted by Crippen LogP contribution is -2.15. The van der Waals surface area contributed by atoms with Gasteiger partial charge < -0.3 is 14.8 Å². The van der Waals surface area contributed by atoms with Crippen molar-refractivity contribution in [2.45, 2.75) is 20.4 Å². The fraction of sp³-hybridized carbons (Fsp3) is 0.238. The lowest BCUT2D eigenvalue weighted by atomic mass is 10.1. The highest BCUT2D eigenvalue weighted by molar-refractivity contribution is 6.08. The van der Waals surface area contributed by atoms with Crippen molar-refractivity contribution in [1.82, 2.24) is 9.78 Å². The second-order valence-electron chi connectivity index (χ2n) is 6.33. The van der Waals surface area contributed by atoms with E-state index < -0.39 is 0 Å². The van der Waals surface area contributed by atoms with Gasteiger partial charge in [0.15, 0.2) is 0 Å². The minimum absolute atomic E-state index is 0.296. The fourth-order valence-electron chi connectivity index (χ4n) is 3.09. The lowest BCUT2D eigenvalue weighted by Gasteiger charge is -2.13. The summed E-state index contributed by atoms with van der Waals surface area (Å²) in [6, 6.07) is 11.5. The molecule has 1 amide bonds. The Balaban J connectivity index is 1.90. The number of amides is 1. The first kappa shape index (κ1) is 19.4. The van der Waals surface area contributed by atoms with Gasteiger partial charge in [-0.25, -0.2) is 4.39 Å². The van der Waals surface area contributed by atoms with E-state index in [0.717, 1.165) is 11.3 Å². The summed E-state index contributed by atoms with van der Waals surface area (Å²) in [6.07, 6.45) is 0. The number of methoxy groups -OCH3 is 2. The molecule has 3 rings (SSSR count). The van der Waals surface area contributed by atoms with E-state index >= 15 is 0 Å². The van der Waals surface area contributed by atoms with Gasteiger partial charge in [-0.2, -0.15) is 5.10 Å². The van der Waals surface area contributed by atoms with Crippen LogP contribution in [0, 0.1) is 19.7 Å². The zero-order chi connectivity index (χ0) is 20.3. The van der Waals surface area contributed by atoms with Crippen LogP contribution in [0.25, 0.3) is 0 Å². The first-order valence-electron chi connectivity index (χ1n) is 8.75. The molecular weight excluding hydrogens is 361 g/mol. The molecule has 6 nitrogen and oxygen atoms in total. The van der Waals surface area contributed by atoms with E-state index in [0.29, 0.717) is 35.0 Å². The zero-order valence-corrected chi connectivity index (χ0v) is 16.2. The Morgan fingerprint density at radius 1 is 1.11 bits per heavy atom. The monoisotopic (exact) mass is 383 g/mol. The quantitative estimate of drug-likeness (QED) is 0.700. The van der Waals surface area contributed by atoms with Crippen LogP contribution in [0.1, 0.15) is 27.3 Å². The number of benzene rings is 2. The Morgan fingerprint density at radius 3 is 2.36 bits per heavy atom. The number of anilines is 1. The molecule has 1 aromatic heterocycles. The van der Waals surface area contributed by atoms with E-state index in [1.807, 2.05) is 19.9 Å². The highest BCUT2D eigenvalue weighted by atomic mass is 19.1. The molecule has 1 heterocycles. The molecule has 0 radical (unpaired) electrons. The summed E-state index contributed by atoms with van der Waals surface area (Å²) >= 11 is 0. The van der Waals surface area contributed by atoms with Crippen LogP contribution in [0.2, 0.25) is 0 Å². The fourth-order valence-corrected chi connectivity index (χ4v) is 3.09. The van der Waals surface area contributed by atoms with Gasteiger partial charge in [0.1, 0.15) is 22.9 Å². The van der Waals surface area contributed by atoms with Gasteiger partial charge in [-0.15, -0.1) is 0 Å². The zero-order valence-electron chi connectivity index (χ0n) is 16.2. The van der Waals surface area contributed by atoms with Crippen molar-refractivity contribution in [3.05, 3.63) is 70.8 Å². The van der Waals surface area contributed by atoms with Crippen LogP contribution in [0.4, 0.5) is 10.1 Å². The van der Waals surface area contributed by atoms with E-state index in [9.17, 15) is 9.18 Å². The third-order valence-corrected chi connectivity index (χ3v) is 4.50. The van der Waals surface area contributed by atoms with E-state index in [-0.39, 0.29) is 11.7 Å². The first-order chi connectivity index (χ1) is 13.4. The van der Waals surface area contributed by atoms with E-state index in [1.165, 1.54) is 26.4 Å². The van der Waals surface area contributed by atoms with Gasteiger partial charge in [0.2, 0.25) is 0 Å². The summed E-state index contributed by atoms with van der Waals surface area (Å²) in [6.45, 7) is 4.07. The van der Waals surface area contributed by atoms with Gasteiger partial charge in [0, 0.05) is 0 Å². The molecule has 0 saturated heterocycles. The van der Waals surface area contributed by atoms with Crippen LogP contribution in [-0.4, -0.2) is 29.9 Å². The summed E-state index contributed by atoms with van der Waals surface area (Å²) in [4.78, 5) is 12.9. The minimum atomic E-state index is -0.356.